The molecule has 1 heterocycles. The van der Waals surface area contributed by atoms with Crippen LogP contribution in [0.4, 0.5) is 5.69 Å². The molecule has 2 heteroatoms. The average Bonchev–Trinajstić information content (AvgIpc) is 3.04. The first kappa shape index (κ1) is 10.9. The topological polar surface area (TPSA) is 15.3 Å². The fraction of sp³-hybridized carbons (Fsp3) is 0.625. The molecule has 1 aromatic carbocycles. The summed E-state index contributed by atoms with van der Waals surface area (Å²) in [7, 11) is 0. The van der Waals surface area contributed by atoms with Crippen molar-refractivity contribution in [3.63, 3.8) is 0 Å². The first-order valence-electron chi connectivity index (χ1n) is 7.55. The molecule has 4 rings (SSSR count). The van der Waals surface area contributed by atoms with Gasteiger partial charge in [0.05, 0.1) is 0 Å². The zero-order valence-electron chi connectivity index (χ0n) is 11.1. The van der Waals surface area contributed by atoms with E-state index in [1.807, 2.05) is 0 Å². The van der Waals surface area contributed by atoms with Crippen LogP contribution in [-0.2, 0) is 25.7 Å². The monoisotopic (exact) mass is 242 g/mol. The Bertz CT molecular complexity index is 440. The Balaban J connectivity index is 1.84. The molecule has 0 aromatic heterocycles. The van der Waals surface area contributed by atoms with Gasteiger partial charge in [-0.05, 0) is 60.8 Å². The van der Waals surface area contributed by atoms with Gasteiger partial charge < -0.3 is 10.2 Å². The summed E-state index contributed by atoms with van der Waals surface area (Å²) in [6.45, 7) is 4.70. The van der Waals surface area contributed by atoms with Crippen LogP contribution >= 0.6 is 0 Å². The minimum atomic E-state index is 1.15. The second-order valence-corrected chi connectivity index (χ2v) is 5.94. The van der Waals surface area contributed by atoms with E-state index in [0.29, 0.717) is 0 Å². The van der Waals surface area contributed by atoms with Crippen molar-refractivity contribution in [3.8, 4) is 0 Å². The number of benzene rings is 1. The van der Waals surface area contributed by atoms with Crippen molar-refractivity contribution in [2.75, 3.05) is 31.1 Å². The molecule has 0 atom stereocenters. The van der Waals surface area contributed by atoms with Gasteiger partial charge in [0.2, 0.25) is 0 Å². The normalized spacial score (nSPS) is 22.1. The third kappa shape index (κ3) is 1.58. The summed E-state index contributed by atoms with van der Waals surface area (Å²) in [6.07, 6.45) is 8.03. The van der Waals surface area contributed by atoms with E-state index in [1.165, 1.54) is 51.6 Å². The summed E-state index contributed by atoms with van der Waals surface area (Å²) in [5, 5.41) is 3.48. The Kier molecular flexibility index (Phi) is 2.58. The fourth-order valence-electron chi connectivity index (χ4n) is 4.06. The van der Waals surface area contributed by atoms with Crippen LogP contribution in [0.5, 0.6) is 0 Å². The third-order valence-electron chi connectivity index (χ3n) is 4.87. The summed E-state index contributed by atoms with van der Waals surface area (Å²) >= 11 is 0. The Hall–Kier alpha value is -1.02. The molecule has 0 spiro atoms. The largest absolute Gasteiger partial charge is 0.369 e. The molecular weight excluding hydrogens is 220 g/mol. The third-order valence-corrected chi connectivity index (χ3v) is 4.87. The van der Waals surface area contributed by atoms with E-state index in [2.05, 4.69) is 16.3 Å². The van der Waals surface area contributed by atoms with Gasteiger partial charge in [-0.2, -0.15) is 0 Å². The maximum atomic E-state index is 3.48. The lowest BCUT2D eigenvalue weighted by molar-refractivity contribution is 0.586. The molecular formula is C16H22N2. The SMILES string of the molecule is c1c2c(c(N3CCNCC3)c3c1CCC3)CCC2. The molecule has 3 aliphatic rings. The van der Waals surface area contributed by atoms with Gasteiger partial charge in [0.15, 0.2) is 0 Å². The number of fused-ring (bicyclic) bond motifs is 2. The lowest BCUT2D eigenvalue weighted by atomic mass is 9.97. The predicted octanol–water partition coefficient (Wildman–Crippen LogP) is 2.07. The maximum absolute atomic E-state index is 3.48. The minimum absolute atomic E-state index is 1.15. The van der Waals surface area contributed by atoms with E-state index < -0.39 is 0 Å². The second kappa shape index (κ2) is 4.27. The zero-order chi connectivity index (χ0) is 11.9. The molecule has 2 aliphatic carbocycles. The van der Waals surface area contributed by atoms with Crippen LogP contribution in [0, 0.1) is 0 Å². The van der Waals surface area contributed by atoms with E-state index in [9.17, 15) is 0 Å². The Morgan fingerprint density at radius 1 is 0.833 bits per heavy atom. The number of hydrogen-bond donors (Lipinski definition) is 1. The van der Waals surface area contributed by atoms with Crippen molar-refractivity contribution < 1.29 is 0 Å². The number of piperazine rings is 1. The standard InChI is InChI=1S/C16H22N2/c1-3-12-11-13-4-2-6-15(13)16(14(12)5-1)18-9-7-17-8-10-18/h11,17H,1-10H2. The molecule has 0 radical (unpaired) electrons. The molecule has 96 valence electrons. The number of nitrogens with one attached hydrogen (secondary N) is 1. The van der Waals surface area contributed by atoms with Gasteiger partial charge in [-0.1, -0.05) is 6.07 Å². The van der Waals surface area contributed by atoms with Crippen molar-refractivity contribution in [1.29, 1.82) is 0 Å². The minimum Gasteiger partial charge on any atom is -0.369 e. The van der Waals surface area contributed by atoms with Crippen molar-refractivity contribution in [2.24, 2.45) is 0 Å². The summed E-state index contributed by atoms with van der Waals surface area (Å²) in [6, 6.07) is 2.54. The van der Waals surface area contributed by atoms with Crippen LogP contribution in [0.1, 0.15) is 35.1 Å². The first-order valence-corrected chi connectivity index (χ1v) is 7.55. The second-order valence-electron chi connectivity index (χ2n) is 5.94. The van der Waals surface area contributed by atoms with E-state index in [4.69, 9.17) is 0 Å². The van der Waals surface area contributed by atoms with Crippen LogP contribution in [0.25, 0.3) is 0 Å². The van der Waals surface area contributed by atoms with Crippen molar-refractivity contribution in [1.82, 2.24) is 5.32 Å². The summed E-state index contributed by atoms with van der Waals surface area (Å²) < 4.78 is 0. The molecule has 1 N–H and O–H groups in total. The highest BCUT2D eigenvalue weighted by molar-refractivity contribution is 5.67. The van der Waals surface area contributed by atoms with Crippen LogP contribution in [0.3, 0.4) is 0 Å². The summed E-state index contributed by atoms with van der Waals surface area (Å²) in [4.78, 5) is 2.67. The van der Waals surface area contributed by atoms with Gasteiger partial charge in [0, 0.05) is 31.9 Å². The average molecular weight is 242 g/mol. The summed E-state index contributed by atoms with van der Waals surface area (Å²) in [5.74, 6) is 0. The predicted molar refractivity (Wildman–Crippen MR) is 75.6 cm³/mol. The lowest BCUT2D eigenvalue weighted by Crippen LogP contribution is -2.44. The smallest absolute Gasteiger partial charge is 0.0437 e. The molecule has 2 nitrogen and oxygen atoms in total. The summed E-state index contributed by atoms with van der Waals surface area (Å²) in [5.41, 5.74) is 8.42. The van der Waals surface area contributed by atoms with Gasteiger partial charge in [0.25, 0.3) is 0 Å². The molecule has 18 heavy (non-hydrogen) atoms. The highest BCUT2D eigenvalue weighted by atomic mass is 15.2. The molecule has 0 bridgehead atoms. The van der Waals surface area contributed by atoms with Gasteiger partial charge in [-0.3, -0.25) is 0 Å². The number of hydrogen-bond acceptors (Lipinski definition) is 2. The van der Waals surface area contributed by atoms with Crippen LogP contribution in [-0.4, -0.2) is 26.2 Å². The Morgan fingerprint density at radius 2 is 1.44 bits per heavy atom. The molecule has 1 fully saturated rings. The molecule has 0 unspecified atom stereocenters. The molecule has 1 saturated heterocycles. The van der Waals surface area contributed by atoms with Crippen molar-refractivity contribution in [2.45, 2.75) is 38.5 Å². The number of rotatable bonds is 1. The van der Waals surface area contributed by atoms with Gasteiger partial charge >= 0.3 is 0 Å². The first-order chi connectivity index (χ1) is 8.93. The van der Waals surface area contributed by atoms with Crippen molar-refractivity contribution in [3.05, 3.63) is 28.3 Å². The van der Waals surface area contributed by atoms with Crippen LogP contribution in [0.2, 0.25) is 0 Å². The Labute approximate surface area is 109 Å². The highest BCUT2D eigenvalue weighted by Crippen LogP contribution is 2.40. The fourth-order valence-corrected chi connectivity index (χ4v) is 4.06. The molecule has 0 amide bonds. The van der Waals surface area contributed by atoms with Crippen molar-refractivity contribution >= 4 is 5.69 Å². The highest BCUT2D eigenvalue weighted by Gasteiger charge is 2.27. The lowest BCUT2D eigenvalue weighted by Gasteiger charge is -2.33. The van der Waals surface area contributed by atoms with E-state index in [-0.39, 0.29) is 0 Å². The van der Waals surface area contributed by atoms with Gasteiger partial charge in [0.1, 0.15) is 0 Å². The van der Waals surface area contributed by atoms with Crippen LogP contribution in [0.15, 0.2) is 6.07 Å². The number of nitrogens with zero attached hydrogens (tertiary/aromatic N) is 1. The Morgan fingerprint density at radius 3 is 2.06 bits per heavy atom. The quantitative estimate of drug-likeness (QED) is 0.811. The van der Waals surface area contributed by atoms with Gasteiger partial charge in [-0.15, -0.1) is 0 Å². The molecule has 1 aromatic rings. The van der Waals surface area contributed by atoms with Crippen LogP contribution < -0.4 is 10.2 Å². The zero-order valence-corrected chi connectivity index (χ0v) is 11.1. The van der Waals surface area contributed by atoms with E-state index >= 15 is 0 Å². The number of aryl methyl sites for hydroxylation is 2. The van der Waals surface area contributed by atoms with E-state index in [0.717, 1.165) is 13.1 Å². The maximum Gasteiger partial charge on any atom is 0.0437 e. The van der Waals surface area contributed by atoms with E-state index in [1.54, 1.807) is 27.9 Å². The van der Waals surface area contributed by atoms with Gasteiger partial charge in [-0.25, -0.2) is 0 Å². The molecule has 1 aliphatic heterocycles. The molecule has 0 saturated carbocycles. The number of anilines is 1.